The first kappa shape index (κ1) is 80.4. The highest BCUT2D eigenvalue weighted by Gasteiger charge is 2.29. The summed E-state index contributed by atoms with van der Waals surface area (Å²) in [6.07, 6.45) is -2.23. The molecule has 5 heterocycles. The highest BCUT2D eigenvalue weighted by molar-refractivity contribution is 6.06. The molecular formula is C74H80N10O22. The normalized spacial score (nSPS) is 11.7. The molecule has 0 atom stereocenters. The molecule has 0 saturated heterocycles. The maximum absolute atomic E-state index is 14.5. The number of anilines is 2. The largest absolute Gasteiger partial charge is 0.481 e. The fourth-order valence-corrected chi connectivity index (χ4v) is 12.0. The molecule has 558 valence electrons. The van der Waals surface area contributed by atoms with Gasteiger partial charge in [0.2, 0.25) is 11.8 Å². The van der Waals surface area contributed by atoms with Gasteiger partial charge >= 0.3 is 47.8 Å². The van der Waals surface area contributed by atoms with Crippen LogP contribution in [0.15, 0.2) is 79.9 Å². The fraction of sp³-hybridized carbons (Fsp3) is 0.324. The molecule has 0 unspecified atom stereocenters. The predicted molar refractivity (Wildman–Crippen MR) is 385 cm³/mol. The zero-order valence-electron chi connectivity index (χ0n) is 58.5. The lowest BCUT2D eigenvalue weighted by Gasteiger charge is -2.24. The highest BCUT2D eigenvalue weighted by atomic mass is 16.4. The van der Waals surface area contributed by atoms with E-state index in [9.17, 15) is 108 Å². The van der Waals surface area contributed by atoms with Gasteiger partial charge in [0.25, 0.3) is 23.6 Å². The van der Waals surface area contributed by atoms with E-state index in [1.165, 1.54) is 24.3 Å². The maximum atomic E-state index is 14.5. The van der Waals surface area contributed by atoms with Crippen LogP contribution in [0.1, 0.15) is 171 Å². The Bertz CT molecular complexity index is 4480. The van der Waals surface area contributed by atoms with Crippen LogP contribution >= 0.6 is 0 Å². The quantitative estimate of drug-likeness (QED) is 0.0177. The zero-order chi connectivity index (χ0) is 78.0. The Hall–Kier alpha value is -12.9. The van der Waals surface area contributed by atoms with Crippen molar-refractivity contribution >= 4 is 145 Å². The average molecular weight is 1460 g/mol. The number of carbonyl (C=O) groups excluding carboxylic acids is 6. The number of carboxylic acids is 8. The molecule has 0 fully saturated rings. The molecule has 2 aliphatic heterocycles. The van der Waals surface area contributed by atoms with Crippen molar-refractivity contribution in [2.45, 2.75) is 105 Å². The summed E-state index contributed by atoms with van der Waals surface area (Å²) in [5.41, 5.74) is 7.94. The summed E-state index contributed by atoms with van der Waals surface area (Å²) < 4.78 is 0. The van der Waals surface area contributed by atoms with Crippen molar-refractivity contribution < 1.29 is 108 Å². The van der Waals surface area contributed by atoms with Crippen LogP contribution in [0.3, 0.4) is 0 Å². The monoisotopic (exact) mass is 1460 g/mol. The number of hydrogen-bond donors (Lipinski definition) is 12. The lowest BCUT2D eigenvalue weighted by Crippen LogP contribution is -2.36. The minimum atomic E-state index is -1.32. The maximum Gasteiger partial charge on any atom is 0.305 e. The van der Waals surface area contributed by atoms with Crippen molar-refractivity contribution in [3.8, 4) is 0 Å². The molecule has 0 aliphatic carbocycles. The van der Waals surface area contributed by atoms with E-state index in [1.807, 2.05) is 26.0 Å². The van der Waals surface area contributed by atoms with Gasteiger partial charge in [-0.3, -0.25) is 67.1 Å². The number of aryl methyl sites for hydroxylation is 3. The molecule has 7 rings (SSSR count). The number of fused-ring (bicyclic) bond motifs is 8. The van der Waals surface area contributed by atoms with Gasteiger partial charge in [0.05, 0.1) is 74.1 Å². The number of carbonyl (C=O) groups is 14. The van der Waals surface area contributed by atoms with E-state index in [0.717, 1.165) is 48.4 Å². The summed E-state index contributed by atoms with van der Waals surface area (Å²) in [6, 6.07) is 14.1. The number of nitrogens with one attached hydrogen (secondary N) is 4. The smallest absolute Gasteiger partial charge is 0.305 e. The molecule has 32 heteroatoms. The Kier molecular flexibility index (Phi) is 27.5. The van der Waals surface area contributed by atoms with Gasteiger partial charge in [0.1, 0.15) is 0 Å². The van der Waals surface area contributed by atoms with Gasteiger partial charge in [-0.25, -0.2) is 9.97 Å². The average Bonchev–Trinajstić information content (AvgIpc) is 1.65. The minimum absolute atomic E-state index is 0.0416. The van der Waals surface area contributed by atoms with E-state index in [0.29, 0.717) is 72.7 Å². The highest BCUT2D eigenvalue weighted by Crippen LogP contribution is 2.37. The van der Waals surface area contributed by atoms with E-state index in [1.54, 1.807) is 38.1 Å². The van der Waals surface area contributed by atoms with Crippen LogP contribution < -0.4 is 10.6 Å². The number of amides is 6. The van der Waals surface area contributed by atoms with Gasteiger partial charge in [-0.1, -0.05) is 25.3 Å². The number of aromatic nitrogens is 4. The van der Waals surface area contributed by atoms with Crippen LogP contribution in [-0.4, -0.2) is 216 Å². The predicted octanol–water partition coefficient (Wildman–Crippen LogP) is 8.18. The molecule has 2 aromatic carbocycles. The number of aliphatic carboxylic acids is 8. The number of allylic oxidation sites excluding steroid dienone is 5. The SMILES string of the molecule is C=CC1=C(C)c2cc3[nH]c(cc4nc(cc5[nH]c(cc1n2)c(C)c5CCC(=O)Nc1cc(C(=O)N(CCC(=O)O)CCC(=O)O)cc(C(=O)N(CCC(=O)O)CCC(=O)O)c1)C(CCC(=O)Nc1cc(C(=O)N(CCC(=O)O)CCC(=O)O)cc(C(=O)N(CCC(=O)O)CCC(=O)O)c1)=C4C)c(C)c3C=C. The molecule has 0 radical (unpaired) electrons. The van der Waals surface area contributed by atoms with Crippen LogP contribution in [0.5, 0.6) is 0 Å². The molecule has 3 aromatic heterocycles. The summed E-state index contributed by atoms with van der Waals surface area (Å²) in [5, 5.41) is 81.6. The Labute approximate surface area is 605 Å². The van der Waals surface area contributed by atoms with E-state index < -0.39 is 187 Å². The lowest BCUT2D eigenvalue weighted by atomic mass is 9.99. The molecule has 12 N–H and O–H groups in total. The number of aromatic amines is 2. The first-order valence-corrected chi connectivity index (χ1v) is 33.4. The van der Waals surface area contributed by atoms with Gasteiger partial charge in [-0.05, 0) is 135 Å². The molecule has 2 aliphatic rings. The Balaban J connectivity index is 1.34. The van der Waals surface area contributed by atoms with Gasteiger partial charge in [0.15, 0.2) is 0 Å². The van der Waals surface area contributed by atoms with E-state index in [4.69, 9.17) is 9.97 Å². The van der Waals surface area contributed by atoms with Crippen molar-refractivity contribution in [1.82, 2.24) is 39.5 Å². The van der Waals surface area contributed by atoms with Gasteiger partial charge < -0.3 is 81.1 Å². The van der Waals surface area contributed by atoms with Gasteiger partial charge in [-0.2, -0.15) is 0 Å². The van der Waals surface area contributed by atoms with Crippen LogP contribution in [-0.2, 0) is 54.4 Å². The van der Waals surface area contributed by atoms with Crippen molar-refractivity contribution in [3.63, 3.8) is 0 Å². The number of benzene rings is 2. The van der Waals surface area contributed by atoms with E-state index >= 15 is 0 Å². The van der Waals surface area contributed by atoms with E-state index in [-0.39, 0.29) is 59.3 Å². The second kappa shape index (κ2) is 36.3. The first-order valence-electron chi connectivity index (χ1n) is 33.4. The summed E-state index contributed by atoms with van der Waals surface area (Å²) >= 11 is 0. The minimum Gasteiger partial charge on any atom is -0.481 e. The third-order valence-electron chi connectivity index (χ3n) is 17.6. The van der Waals surface area contributed by atoms with Crippen molar-refractivity contribution in [2.75, 3.05) is 63.0 Å². The standard InChI is InChI=1S/C74H80N10O22/c1-7-49-39(3)53-35-54-41(5)51(9-11-61(85)75-47-31-43(71(103)81(21-13-63(87)88)22-14-64(89)90)29-44(32-47)72(104)82(23-15-65(91)92)24-16-66(93)94)59(79-54)38-60-52(42(6)56(80-60)37-58-50(8-2)40(4)55(78-58)36-57(49)77-53)10-12-62(86)76-48-33-45(73(105)83(25-17-67(95)96)26-18-68(97)98)30-46(34-48)74(106)84(27-19-69(99)100)28-20-70(101)102/h7-8,29-38,77,80H,1-2,9-28H2,3-6H3,(H,75,85)(H,76,86)(H,87,88)(H,89,90)(H,91,92)(H,93,94)(H,95,96)(H,97,98)(H,99,100)(H,101,102). The summed E-state index contributed by atoms with van der Waals surface area (Å²) in [6.45, 7) is 11.8. The molecule has 8 bridgehead atoms. The first-order chi connectivity index (χ1) is 50.1. The topological polar surface area (TPSA) is 495 Å². The third-order valence-corrected chi connectivity index (χ3v) is 17.6. The summed E-state index contributed by atoms with van der Waals surface area (Å²) in [5.74, 6) is -15.7. The number of rotatable bonds is 38. The van der Waals surface area contributed by atoms with Crippen molar-refractivity contribution in [3.05, 3.63) is 147 Å². The Morgan fingerprint density at radius 3 is 1.04 bits per heavy atom. The van der Waals surface area contributed by atoms with Crippen LogP contribution in [0.4, 0.5) is 11.4 Å². The molecule has 0 spiro atoms. The molecule has 0 saturated carbocycles. The Morgan fingerprint density at radius 1 is 0.368 bits per heavy atom. The van der Waals surface area contributed by atoms with Crippen LogP contribution in [0, 0.1) is 13.8 Å². The number of nitrogens with zero attached hydrogens (tertiary/aromatic N) is 6. The van der Waals surface area contributed by atoms with Gasteiger partial charge in [-0.15, -0.1) is 0 Å². The second-order valence-corrected chi connectivity index (χ2v) is 25.0. The van der Waals surface area contributed by atoms with Gasteiger partial charge in [0, 0.05) is 132 Å². The van der Waals surface area contributed by atoms with Crippen LogP contribution in [0.25, 0.3) is 50.4 Å². The van der Waals surface area contributed by atoms with Crippen molar-refractivity contribution in [1.29, 1.82) is 0 Å². The molecular weight excluding hydrogens is 1380 g/mol. The molecule has 5 aromatic rings. The summed E-state index contributed by atoms with van der Waals surface area (Å²) in [7, 11) is 0. The zero-order valence-corrected chi connectivity index (χ0v) is 58.5. The van der Waals surface area contributed by atoms with Crippen molar-refractivity contribution in [2.24, 2.45) is 0 Å². The lowest BCUT2D eigenvalue weighted by molar-refractivity contribution is -0.139. The second-order valence-electron chi connectivity index (χ2n) is 25.0. The molecule has 6 amide bonds. The Morgan fingerprint density at radius 2 is 0.679 bits per heavy atom. The summed E-state index contributed by atoms with van der Waals surface area (Å²) in [4.78, 5) is 201. The number of hydrogen-bond acceptors (Lipinski definition) is 16. The fourth-order valence-electron chi connectivity index (χ4n) is 12.0. The van der Waals surface area contributed by atoms with Crippen LogP contribution in [0.2, 0.25) is 0 Å². The third kappa shape index (κ3) is 21.6. The number of carboxylic acid groups (broad SMARTS) is 8. The van der Waals surface area contributed by atoms with E-state index in [2.05, 4.69) is 33.8 Å². The number of H-pyrrole nitrogens is 2. The molecule has 106 heavy (non-hydrogen) atoms. The molecule has 32 nitrogen and oxygen atoms in total.